The van der Waals surface area contributed by atoms with Gasteiger partial charge in [-0.3, -0.25) is 4.57 Å². The zero-order valence-electron chi connectivity index (χ0n) is 9.97. The van der Waals surface area contributed by atoms with Crippen molar-refractivity contribution < 1.29 is 14.6 Å². The maximum atomic E-state index is 11.2. The van der Waals surface area contributed by atoms with Crippen LogP contribution >= 0.6 is 0 Å². The van der Waals surface area contributed by atoms with Crippen LogP contribution in [0.3, 0.4) is 0 Å². The molecule has 0 bridgehead atoms. The third-order valence-corrected chi connectivity index (χ3v) is 2.37. The standard InChI is InChI=1S/C10H17N3O3/c1-6(2)9(10(14)15)13-7(3)11-12-8(13)5-16-4/h6,9H,5H2,1-4H3,(H,14,15). The summed E-state index contributed by atoms with van der Waals surface area (Å²) in [7, 11) is 1.54. The van der Waals surface area contributed by atoms with Crippen LogP contribution in [0.2, 0.25) is 0 Å². The molecule has 90 valence electrons. The Bertz CT molecular complexity index is 373. The van der Waals surface area contributed by atoms with Gasteiger partial charge in [0.1, 0.15) is 18.5 Å². The quantitative estimate of drug-likeness (QED) is 0.812. The van der Waals surface area contributed by atoms with Gasteiger partial charge in [-0.05, 0) is 12.8 Å². The molecule has 0 saturated carbocycles. The zero-order chi connectivity index (χ0) is 12.3. The smallest absolute Gasteiger partial charge is 0.327 e. The number of aliphatic carboxylic acids is 1. The second kappa shape index (κ2) is 5.07. The lowest BCUT2D eigenvalue weighted by Gasteiger charge is -2.20. The maximum Gasteiger partial charge on any atom is 0.327 e. The average Bonchev–Trinajstić information content (AvgIpc) is 2.50. The Morgan fingerprint density at radius 2 is 2.12 bits per heavy atom. The number of aromatic nitrogens is 3. The zero-order valence-corrected chi connectivity index (χ0v) is 9.97. The first-order valence-electron chi connectivity index (χ1n) is 5.11. The number of hydrogen-bond acceptors (Lipinski definition) is 4. The van der Waals surface area contributed by atoms with E-state index < -0.39 is 12.0 Å². The van der Waals surface area contributed by atoms with Crippen LogP contribution in [0.4, 0.5) is 0 Å². The molecule has 0 radical (unpaired) electrons. The molecule has 6 nitrogen and oxygen atoms in total. The Labute approximate surface area is 94.2 Å². The lowest BCUT2D eigenvalue weighted by atomic mass is 10.0. The minimum Gasteiger partial charge on any atom is -0.480 e. The van der Waals surface area contributed by atoms with Crippen molar-refractivity contribution in [3.05, 3.63) is 11.6 Å². The number of ether oxygens (including phenoxy) is 1. The van der Waals surface area contributed by atoms with Gasteiger partial charge in [0.2, 0.25) is 0 Å². The molecular formula is C10H17N3O3. The van der Waals surface area contributed by atoms with Crippen LogP contribution < -0.4 is 0 Å². The van der Waals surface area contributed by atoms with Crippen molar-refractivity contribution in [1.29, 1.82) is 0 Å². The topological polar surface area (TPSA) is 77.2 Å². The van der Waals surface area contributed by atoms with Gasteiger partial charge in [0.25, 0.3) is 0 Å². The molecule has 0 saturated heterocycles. The van der Waals surface area contributed by atoms with Gasteiger partial charge in [-0.25, -0.2) is 4.79 Å². The van der Waals surface area contributed by atoms with Crippen molar-refractivity contribution in [3.63, 3.8) is 0 Å². The van der Waals surface area contributed by atoms with Crippen molar-refractivity contribution in [2.24, 2.45) is 5.92 Å². The van der Waals surface area contributed by atoms with Crippen molar-refractivity contribution in [1.82, 2.24) is 14.8 Å². The van der Waals surface area contributed by atoms with Crippen molar-refractivity contribution >= 4 is 5.97 Å². The second-order valence-corrected chi connectivity index (χ2v) is 3.99. The number of methoxy groups -OCH3 is 1. The van der Waals surface area contributed by atoms with E-state index >= 15 is 0 Å². The van der Waals surface area contributed by atoms with E-state index in [4.69, 9.17) is 4.74 Å². The Morgan fingerprint density at radius 3 is 2.56 bits per heavy atom. The number of aryl methyl sites for hydroxylation is 1. The van der Waals surface area contributed by atoms with E-state index in [1.807, 2.05) is 13.8 Å². The highest BCUT2D eigenvalue weighted by molar-refractivity contribution is 5.72. The molecular weight excluding hydrogens is 210 g/mol. The summed E-state index contributed by atoms with van der Waals surface area (Å²) in [5.41, 5.74) is 0. The molecule has 0 aliphatic heterocycles. The molecule has 0 aliphatic rings. The summed E-state index contributed by atoms with van der Waals surface area (Å²) in [5, 5.41) is 17.0. The Kier molecular flexibility index (Phi) is 4.00. The monoisotopic (exact) mass is 227 g/mol. The number of nitrogens with zero attached hydrogens (tertiary/aromatic N) is 3. The molecule has 0 amide bonds. The normalized spacial score (nSPS) is 13.1. The van der Waals surface area contributed by atoms with Crippen LogP contribution in [0, 0.1) is 12.8 Å². The molecule has 1 N–H and O–H groups in total. The highest BCUT2D eigenvalue weighted by Gasteiger charge is 2.27. The fraction of sp³-hybridized carbons (Fsp3) is 0.700. The van der Waals surface area contributed by atoms with Gasteiger partial charge in [-0.15, -0.1) is 10.2 Å². The lowest BCUT2D eigenvalue weighted by molar-refractivity contribution is -0.142. The van der Waals surface area contributed by atoms with E-state index in [1.54, 1.807) is 18.6 Å². The summed E-state index contributed by atoms with van der Waals surface area (Å²) in [6.07, 6.45) is 0. The van der Waals surface area contributed by atoms with E-state index in [0.29, 0.717) is 11.6 Å². The first-order valence-corrected chi connectivity index (χ1v) is 5.11. The highest BCUT2D eigenvalue weighted by atomic mass is 16.5. The van der Waals surface area contributed by atoms with E-state index in [2.05, 4.69) is 10.2 Å². The van der Waals surface area contributed by atoms with Crippen LogP contribution in [0.15, 0.2) is 0 Å². The van der Waals surface area contributed by atoms with Crippen LogP contribution in [0.5, 0.6) is 0 Å². The van der Waals surface area contributed by atoms with E-state index in [1.165, 1.54) is 0 Å². The molecule has 1 aromatic heterocycles. The third kappa shape index (κ3) is 2.38. The first kappa shape index (κ1) is 12.6. The Hall–Kier alpha value is -1.43. The summed E-state index contributed by atoms with van der Waals surface area (Å²) in [6.45, 7) is 5.71. The van der Waals surface area contributed by atoms with Crippen molar-refractivity contribution in [3.8, 4) is 0 Å². The van der Waals surface area contributed by atoms with Gasteiger partial charge in [0.05, 0.1) is 0 Å². The van der Waals surface area contributed by atoms with Gasteiger partial charge in [0, 0.05) is 7.11 Å². The molecule has 1 rings (SSSR count). The third-order valence-electron chi connectivity index (χ3n) is 2.37. The average molecular weight is 227 g/mol. The van der Waals surface area contributed by atoms with Crippen LogP contribution in [0.25, 0.3) is 0 Å². The van der Waals surface area contributed by atoms with Gasteiger partial charge in [-0.1, -0.05) is 13.8 Å². The Morgan fingerprint density at radius 1 is 1.50 bits per heavy atom. The summed E-state index contributed by atoms with van der Waals surface area (Å²) in [6, 6.07) is -0.653. The molecule has 1 atom stereocenters. The number of carboxylic acids is 1. The van der Waals surface area contributed by atoms with Crippen LogP contribution in [-0.4, -0.2) is 33.0 Å². The minimum absolute atomic E-state index is 0.0391. The minimum atomic E-state index is -0.879. The number of carboxylic acid groups (broad SMARTS) is 1. The summed E-state index contributed by atoms with van der Waals surface area (Å²) < 4.78 is 6.60. The first-order chi connectivity index (χ1) is 7.49. The predicted molar refractivity (Wildman–Crippen MR) is 57.0 cm³/mol. The summed E-state index contributed by atoms with van der Waals surface area (Å²) in [4.78, 5) is 11.2. The summed E-state index contributed by atoms with van der Waals surface area (Å²) in [5.74, 6) is 0.215. The van der Waals surface area contributed by atoms with Crippen molar-refractivity contribution in [2.45, 2.75) is 33.4 Å². The molecule has 1 unspecified atom stereocenters. The van der Waals surface area contributed by atoms with Gasteiger partial charge in [0.15, 0.2) is 5.82 Å². The van der Waals surface area contributed by atoms with E-state index in [0.717, 1.165) is 0 Å². The fourth-order valence-electron chi connectivity index (χ4n) is 1.70. The molecule has 6 heteroatoms. The molecule has 0 aliphatic carbocycles. The molecule has 1 heterocycles. The van der Waals surface area contributed by atoms with Gasteiger partial charge < -0.3 is 9.84 Å². The molecule has 1 aromatic rings. The van der Waals surface area contributed by atoms with Crippen LogP contribution in [0.1, 0.15) is 31.5 Å². The Balaban J connectivity index is 3.16. The predicted octanol–water partition coefficient (Wildman–Crippen LogP) is 1.01. The number of rotatable bonds is 5. The van der Waals surface area contributed by atoms with Crippen molar-refractivity contribution in [2.75, 3.05) is 7.11 Å². The van der Waals surface area contributed by atoms with Gasteiger partial charge in [-0.2, -0.15) is 0 Å². The second-order valence-electron chi connectivity index (χ2n) is 3.99. The van der Waals surface area contributed by atoms with Gasteiger partial charge >= 0.3 is 5.97 Å². The molecule has 0 fully saturated rings. The molecule has 0 spiro atoms. The van der Waals surface area contributed by atoms with E-state index in [9.17, 15) is 9.90 Å². The highest BCUT2D eigenvalue weighted by Crippen LogP contribution is 2.21. The molecule has 16 heavy (non-hydrogen) atoms. The van der Waals surface area contributed by atoms with E-state index in [-0.39, 0.29) is 12.5 Å². The lowest BCUT2D eigenvalue weighted by Crippen LogP contribution is -2.27. The fourth-order valence-corrected chi connectivity index (χ4v) is 1.70. The molecule has 0 aromatic carbocycles. The largest absolute Gasteiger partial charge is 0.480 e. The maximum absolute atomic E-state index is 11.2. The van der Waals surface area contributed by atoms with Crippen LogP contribution in [-0.2, 0) is 16.1 Å². The SMILES string of the molecule is COCc1nnc(C)n1C(C(=O)O)C(C)C. The number of hydrogen-bond donors (Lipinski definition) is 1. The summed E-state index contributed by atoms with van der Waals surface area (Å²) >= 11 is 0. The number of carbonyl (C=O) groups is 1.